The minimum absolute atomic E-state index is 0.300. The van der Waals surface area contributed by atoms with E-state index in [9.17, 15) is 9.18 Å². The first-order chi connectivity index (χ1) is 7.63. The lowest BCUT2D eigenvalue weighted by molar-refractivity contribution is -0.141. The zero-order valence-corrected chi connectivity index (χ0v) is 9.32. The maximum atomic E-state index is 12.9. The van der Waals surface area contributed by atoms with Gasteiger partial charge in [-0.15, -0.1) is 0 Å². The fourth-order valence-electron chi connectivity index (χ4n) is 1.44. The number of carboxylic acids is 1. The maximum absolute atomic E-state index is 12.9. The third-order valence-electron chi connectivity index (χ3n) is 2.23. The van der Waals surface area contributed by atoms with Gasteiger partial charge in [-0.2, -0.15) is 0 Å². The summed E-state index contributed by atoms with van der Waals surface area (Å²) in [6.07, 6.45) is 2.23. The van der Waals surface area contributed by atoms with E-state index >= 15 is 0 Å². The van der Waals surface area contributed by atoms with Gasteiger partial charge in [0.05, 0.1) is 5.92 Å². The summed E-state index contributed by atoms with van der Waals surface area (Å²) in [5.74, 6) is -1.83. The van der Waals surface area contributed by atoms with Crippen LogP contribution in [0.1, 0.15) is 12.0 Å². The summed E-state index contributed by atoms with van der Waals surface area (Å²) in [6, 6.07) is 5.96. The van der Waals surface area contributed by atoms with E-state index in [1.54, 1.807) is 18.2 Å². The topological polar surface area (TPSA) is 37.3 Å². The predicted molar refractivity (Wildman–Crippen MR) is 60.8 cm³/mol. The van der Waals surface area contributed by atoms with Crippen molar-refractivity contribution < 1.29 is 14.3 Å². The van der Waals surface area contributed by atoms with Crippen LogP contribution in [0.3, 0.4) is 0 Å². The monoisotopic (exact) mass is 242 g/mol. The highest BCUT2D eigenvalue weighted by atomic mass is 35.5. The van der Waals surface area contributed by atoms with Crippen molar-refractivity contribution >= 4 is 17.6 Å². The number of halogens is 2. The fraction of sp³-hybridized carbons (Fsp3) is 0.250. The molecule has 16 heavy (non-hydrogen) atoms. The van der Waals surface area contributed by atoms with Gasteiger partial charge in [-0.3, -0.25) is 4.79 Å². The average molecular weight is 243 g/mol. The van der Waals surface area contributed by atoms with Crippen LogP contribution in [-0.4, -0.2) is 11.1 Å². The van der Waals surface area contributed by atoms with E-state index in [2.05, 4.69) is 0 Å². The van der Waals surface area contributed by atoms with Gasteiger partial charge in [-0.25, -0.2) is 4.39 Å². The summed E-state index contributed by atoms with van der Waals surface area (Å²) < 4.78 is 12.9. The molecular formula is C12H12ClFO2. The number of rotatable bonds is 5. The lowest BCUT2D eigenvalue weighted by atomic mass is 9.96. The average Bonchev–Trinajstić information content (AvgIpc) is 2.24. The van der Waals surface area contributed by atoms with Gasteiger partial charge in [0.15, 0.2) is 0 Å². The minimum atomic E-state index is -0.904. The predicted octanol–water partition coefficient (Wildman–Crippen LogP) is 3.21. The van der Waals surface area contributed by atoms with E-state index in [4.69, 9.17) is 16.7 Å². The van der Waals surface area contributed by atoms with Crippen LogP contribution in [0.5, 0.6) is 0 Å². The molecule has 0 aliphatic heterocycles. The molecule has 1 unspecified atom stereocenters. The van der Waals surface area contributed by atoms with Crippen LogP contribution in [0.2, 0.25) is 0 Å². The Balaban J connectivity index is 2.71. The summed E-state index contributed by atoms with van der Waals surface area (Å²) in [5, 5.41) is 8.96. The van der Waals surface area contributed by atoms with Crippen molar-refractivity contribution in [2.45, 2.75) is 12.8 Å². The molecule has 0 fully saturated rings. The fourth-order valence-corrected chi connectivity index (χ4v) is 1.54. The SMILES string of the molecule is O=C(O)C(C/C=C/Cl)Cc1cccc(F)c1. The van der Waals surface area contributed by atoms with Crippen molar-refractivity contribution in [3.8, 4) is 0 Å². The normalized spacial score (nSPS) is 12.9. The number of carboxylic acid groups (broad SMARTS) is 1. The number of aliphatic carboxylic acids is 1. The molecule has 2 nitrogen and oxygen atoms in total. The summed E-state index contributed by atoms with van der Waals surface area (Å²) >= 11 is 5.35. The lowest BCUT2D eigenvalue weighted by Crippen LogP contribution is -2.15. The van der Waals surface area contributed by atoms with Crippen LogP contribution in [-0.2, 0) is 11.2 Å². The number of hydrogen-bond acceptors (Lipinski definition) is 1. The van der Waals surface area contributed by atoms with Crippen LogP contribution >= 0.6 is 11.6 Å². The van der Waals surface area contributed by atoms with Gasteiger partial charge >= 0.3 is 5.97 Å². The molecule has 0 spiro atoms. The number of carbonyl (C=O) groups is 1. The molecular weight excluding hydrogens is 231 g/mol. The Bertz CT molecular complexity index is 390. The molecule has 1 aromatic rings. The second-order valence-corrected chi connectivity index (χ2v) is 3.72. The molecule has 0 aliphatic rings. The Kier molecular flexibility index (Phi) is 4.99. The van der Waals surface area contributed by atoms with Gasteiger partial charge < -0.3 is 5.11 Å². The molecule has 0 radical (unpaired) electrons. The third-order valence-corrected chi connectivity index (χ3v) is 2.41. The van der Waals surface area contributed by atoms with Crippen LogP contribution in [0.25, 0.3) is 0 Å². The first kappa shape index (κ1) is 12.7. The summed E-state index contributed by atoms with van der Waals surface area (Å²) in [4.78, 5) is 10.9. The van der Waals surface area contributed by atoms with Crippen molar-refractivity contribution in [1.82, 2.24) is 0 Å². The highest BCUT2D eigenvalue weighted by Gasteiger charge is 2.16. The van der Waals surface area contributed by atoms with Crippen LogP contribution in [0.15, 0.2) is 35.9 Å². The number of hydrogen-bond donors (Lipinski definition) is 1. The molecule has 0 aliphatic carbocycles. The Morgan fingerprint density at radius 2 is 2.31 bits per heavy atom. The summed E-state index contributed by atoms with van der Waals surface area (Å²) in [7, 11) is 0. The Morgan fingerprint density at radius 1 is 1.56 bits per heavy atom. The molecule has 86 valence electrons. The van der Waals surface area contributed by atoms with Gasteiger partial charge in [-0.1, -0.05) is 29.8 Å². The first-order valence-electron chi connectivity index (χ1n) is 4.86. The quantitative estimate of drug-likeness (QED) is 0.861. The van der Waals surface area contributed by atoms with Crippen molar-refractivity contribution in [2.24, 2.45) is 5.92 Å². The standard InChI is InChI=1S/C12H12ClFO2/c13-6-2-4-10(12(15)16)7-9-3-1-5-11(14)8-9/h1-3,5-6,8,10H,4,7H2,(H,15,16)/b6-2+. The van der Waals surface area contributed by atoms with Gasteiger partial charge in [0, 0.05) is 5.54 Å². The Morgan fingerprint density at radius 3 is 2.88 bits per heavy atom. The van der Waals surface area contributed by atoms with Crippen molar-refractivity contribution in [3.05, 3.63) is 47.3 Å². The van der Waals surface area contributed by atoms with Crippen LogP contribution in [0, 0.1) is 11.7 Å². The number of allylic oxidation sites excluding steroid dienone is 1. The van der Waals surface area contributed by atoms with E-state index in [1.165, 1.54) is 17.7 Å². The second-order valence-electron chi connectivity index (χ2n) is 3.47. The first-order valence-corrected chi connectivity index (χ1v) is 5.29. The molecule has 0 saturated carbocycles. The molecule has 4 heteroatoms. The highest BCUT2D eigenvalue weighted by Crippen LogP contribution is 2.14. The molecule has 1 N–H and O–H groups in total. The molecule has 1 aromatic carbocycles. The maximum Gasteiger partial charge on any atom is 0.307 e. The second kappa shape index (κ2) is 6.28. The van der Waals surface area contributed by atoms with Gasteiger partial charge in [0.1, 0.15) is 5.82 Å². The zero-order chi connectivity index (χ0) is 12.0. The molecule has 0 saturated heterocycles. The van der Waals surface area contributed by atoms with Crippen molar-refractivity contribution in [3.63, 3.8) is 0 Å². The Labute approximate surface area is 98.4 Å². The third kappa shape index (κ3) is 4.03. The summed E-state index contributed by atoms with van der Waals surface area (Å²) in [6.45, 7) is 0. The van der Waals surface area contributed by atoms with Gasteiger partial charge in [0.25, 0.3) is 0 Å². The minimum Gasteiger partial charge on any atom is -0.481 e. The smallest absolute Gasteiger partial charge is 0.307 e. The Hall–Kier alpha value is -1.35. The van der Waals surface area contributed by atoms with Gasteiger partial charge in [-0.05, 0) is 30.5 Å². The van der Waals surface area contributed by atoms with Crippen molar-refractivity contribution in [1.29, 1.82) is 0 Å². The van der Waals surface area contributed by atoms with E-state index in [0.717, 1.165) is 0 Å². The van der Waals surface area contributed by atoms with Crippen LogP contribution in [0.4, 0.5) is 4.39 Å². The zero-order valence-electron chi connectivity index (χ0n) is 8.57. The number of benzene rings is 1. The summed E-state index contributed by atoms with van der Waals surface area (Å²) in [5.41, 5.74) is 1.97. The van der Waals surface area contributed by atoms with Crippen molar-refractivity contribution in [2.75, 3.05) is 0 Å². The molecule has 0 amide bonds. The van der Waals surface area contributed by atoms with E-state index in [0.29, 0.717) is 18.4 Å². The lowest BCUT2D eigenvalue weighted by Gasteiger charge is -2.09. The molecule has 1 rings (SSSR count). The van der Waals surface area contributed by atoms with E-state index in [-0.39, 0.29) is 5.82 Å². The van der Waals surface area contributed by atoms with Gasteiger partial charge in [0.2, 0.25) is 0 Å². The van der Waals surface area contributed by atoms with Crippen LogP contribution < -0.4 is 0 Å². The molecule has 1 atom stereocenters. The molecule has 0 heterocycles. The highest BCUT2D eigenvalue weighted by molar-refractivity contribution is 6.25. The van der Waals surface area contributed by atoms with E-state index < -0.39 is 11.9 Å². The van der Waals surface area contributed by atoms with E-state index in [1.807, 2.05) is 0 Å². The molecule has 0 aromatic heterocycles. The largest absolute Gasteiger partial charge is 0.481 e. The molecule has 0 bridgehead atoms.